The van der Waals surface area contributed by atoms with Gasteiger partial charge < -0.3 is 5.11 Å². The zero-order valence-corrected chi connectivity index (χ0v) is 8.56. The lowest BCUT2D eigenvalue weighted by Crippen LogP contribution is -2.48. The van der Waals surface area contributed by atoms with Gasteiger partial charge >= 0.3 is 6.18 Å². The molecule has 4 heteroatoms. The van der Waals surface area contributed by atoms with Gasteiger partial charge in [-0.1, -0.05) is 13.8 Å². The predicted molar refractivity (Wildman–Crippen MR) is 47.8 cm³/mol. The largest absolute Gasteiger partial charge is 0.417 e. The van der Waals surface area contributed by atoms with Crippen LogP contribution in [0.15, 0.2) is 0 Å². The van der Waals surface area contributed by atoms with Gasteiger partial charge in [-0.25, -0.2) is 0 Å². The van der Waals surface area contributed by atoms with Crippen molar-refractivity contribution in [2.75, 3.05) is 0 Å². The Morgan fingerprint density at radius 1 is 1.21 bits per heavy atom. The average Bonchev–Trinajstić information content (AvgIpc) is 2.03. The van der Waals surface area contributed by atoms with Crippen LogP contribution in [0, 0.1) is 11.8 Å². The van der Waals surface area contributed by atoms with E-state index >= 15 is 0 Å². The molecule has 0 aromatic rings. The summed E-state index contributed by atoms with van der Waals surface area (Å²) in [5, 5.41) is 9.38. The van der Waals surface area contributed by atoms with Gasteiger partial charge in [0, 0.05) is 0 Å². The van der Waals surface area contributed by atoms with E-state index in [2.05, 4.69) is 0 Å². The molecule has 0 heterocycles. The van der Waals surface area contributed by atoms with E-state index in [0.29, 0.717) is 24.7 Å². The molecular weight excluding hydrogens is 193 g/mol. The number of halogens is 3. The Bertz CT molecular complexity index is 190. The molecule has 0 amide bonds. The second-order valence-electron chi connectivity index (χ2n) is 4.61. The third-order valence-electron chi connectivity index (χ3n) is 3.33. The first-order valence-electron chi connectivity index (χ1n) is 5.05. The molecule has 0 aliphatic heterocycles. The molecule has 1 fully saturated rings. The van der Waals surface area contributed by atoms with Gasteiger partial charge in [0.25, 0.3) is 0 Å². The van der Waals surface area contributed by atoms with E-state index in [0.717, 1.165) is 0 Å². The molecule has 84 valence electrons. The van der Waals surface area contributed by atoms with E-state index in [-0.39, 0.29) is 12.8 Å². The second kappa shape index (κ2) is 3.72. The summed E-state index contributed by atoms with van der Waals surface area (Å²) in [6.07, 6.45) is -3.78. The maximum atomic E-state index is 12.4. The fourth-order valence-electron chi connectivity index (χ4n) is 2.07. The van der Waals surface area contributed by atoms with E-state index in [1.807, 2.05) is 13.8 Å². The first-order chi connectivity index (χ1) is 6.26. The SMILES string of the molecule is CC(C)C1CCC(O)(C(F)(F)F)CC1. The molecule has 0 saturated heterocycles. The van der Waals surface area contributed by atoms with E-state index in [1.54, 1.807) is 0 Å². The van der Waals surface area contributed by atoms with Gasteiger partial charge in [-0.15, -0.1) is 0 Å². The number of aliphatic hydroxyl groups is 1. The van der Waals surface area contributed by atoms with Gasteiger partial charge in [0.05, 0.1) is 0 Å². The Labute approximate surface area is 82.3 Å². The summed E-state index contributed by atoms with van der Waals surface area (Å²) in [6.45, 7) is 4.03. The highest BCUT2D eigenvalue weighted by molar-refractivity contribution is 4.91. The van der Waals surface area contributed by atoms with Crippen LogP contribution < -0.4 is 0 Å². The van der Waals surface area contributed by atoms with Gasteiger partial charge in [-0.05, 0) is 37.5 Å². The maximum absolute atomic E-state index is 12.4. The van der Waals surface area contributed by atoms with Crippen LogP contribution in [0.5, 0.6) is 0 Å². The van der Waals surface area contributed by atoms with Crippen molar-refractivity contribution in [2.45, 2.75) is 51.3 Å². The third-order valence-corrected chi connectivity index (χ3v) is 3.33. The highest BCUT2D eigenvalue weighted by Crippen LogP contribution is 2.44. The van der Waals surface area contributed by atoms with E-state index in [1.165, 1.54) is 0 Å². The van der Waals surface area contributed by atoms with Gasteiger partial charge in [0.2, 0.25) is 0 Å². The summed E-state index contributed by atoms with van der Waals surface area (Å²) in [4.78, 5) is 0. The molecule has 1 nitrogen and oxygen atoms in total. The standard InChI is InChI=1S/C10H17F3O/c1-7(2)8-3-5-9(14,6-4-8)10(11,12)13/h7-8,14H,3-6H2,1-2H3. The molecule has 0 unspecified atom stereocenters. The summed E-state index contributed by atoms with van der Waals surface area (Å²) >= 11 is 0. The fourth-order valence-corrected chi connectivity index (χ4v) is 2.07. The Morgan fingerprint density at radius 3 is 1.93 bits per heavy atom. The van der Waals surface area contributed by atoms with Crippen molar-refractivity contribution < 1.29 is 18.3 Å². The van der Waals surface area contributed by atoms with Gasteiger partial charge in [0.1, 0.15) is 0 Å². The molecule has 0 atom stereocenters. The van der Waals surface area contributed by atoms with Crippen molar-refractivity contribution in [3.05, 3.63) is 0 Å². The lowest BCUT2D eigenvalue weighted by atomic mass is 9.74. The van der Waals surface area contributed by atoms with Crippen LogP contribution in [0.3, 0.4) is 0 Å². The zero-order chi connectivity index (χ0) is 11.0. The highest BCUT2D eigenvalue weighted by Gasteiger charge is 2.54. The molecule has 1 N–H and O–H groups in total. The smallest absolute Gasteiger partial charge is 0.380 e. The maximum Gasteiger partial charge on any atom is 0.417 e. The summed E-state index contributed by atoms with van der Waals surface area (Å²) in [5.41, 5.74) is -2.42. The molecule has 0 spiro atoms. The molecule has 0 radical (unpaired) electrons. The number of alkyl halides is 3. The van der Waals surface area contributed by atoms with Crippen LogP contribution in [0.1, 0.15) is 39.5 Å². The lowest BCUT2D eigenvalue weighted by Gasteiger charge is -2.38. The van der Waals surface area contributed by atoms with Crippen molar-refractivity contribution in [3.63, 3.8) is 0 Å². The van der Waals surface area contributed by atoms with Crippen LogP contribution in [-0.2, 0) is 0 Å². The second-order valence-corrected chi connectivity index (χ2v) is 4.61. The number of hydrogen-bond donors (Lipinski definition) is 1. The van der Waals surface area contributed by atoms with Crippen molar-refractivity contribution in [1.29, 1.82) is 0 Å². The molecule has 14 heavy (non-hydrogen) atoms. The normalized spacial score (nSPS) is 34.9. The Kier molecular flexibility index (Phi) is 3.14. The van der Waals surface area contributed by atoms with Crippen LogP contribution >= 0.6 is 0 Å². The third kappa shape index (κ3) is 2.22. The molecule has 1 aliphatic carbocycles. The monoisotopic (exact) mass is 210 g/mol. The van der Waals surface area contributed by atoms with E-state index in [4.69, 9.17) is 0 Å². The molecular formula is C10H17F3O. The minimum absolute atomic E-state index is 0.140. The Morgan fingerprint density at radius 2 is 1.64 bits per heavy atom. The van der Waals surface area contributed by atoms with Gasteiger partial charge in [-0.2, -0.15) is 13.2 Å². The van der Waals surface area contributed by atoms with Crippen molar-refractivity contribution >= 4 is 0 Å². The first kappa shape index (κ1) is 11.8. The topological polar surface area (TPSA) is 20.2 Å². The molecule has 0 aromatic carbocycles. The summed E-state index contributed by atoms with van der Waals surface area (Å²) in [6, 6.07) is 0. The molecule has 0 bridgehead atoms. The minimum Gasteiger partial charge on any atom is -0.380 e. The molecule has 0 aromatic heterocycles. The predicted octanol–water partition coefficient (Wildman–Crippen LogP) is 3.13. The van der Waals surface area contributed by atoms with Crippen LogP contribution in [-0.4, -0.2) is 16.9 Å². The van der Waals surface area contributed by atoms with Crippen molar-refractivity contribution in [1.82, 2.24) is 0 Å². The Hall–Kier alpha value is -0.250. The quantitative estimate of drug-likeness (QED) is 0.705. The van der Waals surface area contributed by atoms with Crippen LogP contribution in [0.4, 0.5) is 13.2 Å². The fraction of sp³-hybridized carbons (Fsp3) is 1.00. The van der Waals surface area contributed by atoms with Crippen molar-refractivity contribution in [2.24, 2.45) is 11.8 Å². The lowest BCUT2D eigenvalue weighted by molar-refractivity contribution is -0.272. The summed E-state index contributed by atoms with van der Waals surface area (Å²) in [5.74, 6) is 0.741. The summed E-state index contributed by atoms with van der Waals surface area (Å²) in [7, 11) is 0. The van der Waals surface area contributed by atoms with E-state index in [9.17, 15) is 18.3 Å². The highest BCUT2D eigenvalue weighted by atomic mass is 19.4. The average molecular weight is 210 g/mol. The van der Waals surface area contributed by atoms with Crippen molar-refractivity contribution in [3.8, 4) is 0 Å². The number of rotatable bonds is 1. The summed E-state index contributed by atoms with van der Waals surface area (Å²) < 4.78 is 37.2. The first-order valence-corrected chi connectivity index (χ1v) is 5.05. The molecule has 1 rings (SSSR count). The molecule has 1 saturated carbocycles. The minimum atomic E-state index is -4.46. The Balaban J connectivity index is 2.58. The van der Waals surface area contributed by atoms with Crippen LogP contribution in [0.2, 0.25) is 0 Å². The number of hydrogen-bond acceptors (Lipinski definition) is 1. The van der Waals surface area contributed by atoms with E-state index < -0.39 is 11.8 Å². The molecule has 1 aliphatic rings. The zero-order valence-electron chi connectivity index (χ0n) is 8.56. The van der Waals surface area contributed by atoms with Crippen LogP contribution in [0.25, 0.3) is 0 Å². The van der Waals surface area contributed by atoms with Gasteiger partial charge in [-0.3, -0.25) is 0 Å². The van der Waals surface area contributed by atoms with Gasteiger partial charge in [0.15, 0.2) is 5.60 Å².